The quantitative estimate of drug-likeness (QED) is 0.388. The minimum atomic E-state index is 0.0306. The number of anilines is 1. The lowest BCUT2D eigenvalue weighted by Gasteiger charge is -2.40. The van der Waals surface area contributed by atoms with E-state index >= 15 is 0 Å². The predicted molar refractivity (Wildman–Crippen MR) is 123 cm³/mol. The van der Waals surface area contributed by atoms with Crippen LogP contribution < -0.4 is 4.90 Å². The average molecular weight is 460 g/mol. The highest BCUT2D eigenvalue weighted by molar-refractivity contribution is 7.99. The number of amides is 2. The van der Waals surface area contributed by atoms with Crippen molar-refractivity contribution in [2.24, 2.45) is 0 Å². The molecule has 0 bridgehead atoms. The third kappa shape index (κ3) is 5.30. The molecule has 2 aliphatic rings. The minimum absolute atomic E-state index is 0.0306. The number of carbonyl (C=O) groups excluding carboxylic acids is 2. The molecule has 7 nitrogen and oxygen atoms in total. The van der Waals surface area contributed by atoms with Gasteiger partial charge in [0.15, 0.2) is 5.16 Å². The fourth-order valence-electron chi connectivity index (χ4n) is 4.01. The maximum Gasteiger partial charge on any atom is 0.254 e. The Morgan fingerprint density at radius 3 is 2.55 bits per heavy atom. The molecule has 0 aliphatic carbocycles. The van der Waals surface area contributed by atoms with Crippen LogP contribution in [0.5, 0.6) is 0 Å². The van der Waals surface area contributed by atoms with E-state index in [-0.39, 0.29) is 17.9 Å². The third-order valence-corrected chi connectivity index (χ3v) is 6.70. The van der Waals surface area contributed by atoms with E-state index in [1.807, 2.05) is 47.1 Å². The van der Waals surface area contributed by atoms with Crippen molar-refractivity contribution in [2.45, 2.75) is 31.0 Å². The van der Waals surface area contributed by atoms with Gasteiger partial charge in [0.2, 0.25) is 5.91 Å². The van der Waals surface area contributed by atoms with Crippen LogP contribution in [0.4, 0.5) is 5.82 Å². The molecule has 0 spiro atoms. The van der Waals surface area contributed by atoms with Gasteiger partial charge in [-0.1, -0.05) is 41.6 Å². The highest BCUT2D eigenvalue weighted by Crippen LogP contribution is 2.25. The molecule has 2 amide bonds. The van der Waals surface area contributed by atoms with Gasteiger partial charge in [-0.2, -0.15) is 0 Å². The van der Waals surface area contributed by atoms with Gasteiger partial charge in [0, 0.05) is 50.4 Å². The Balaban J connectivity index is 1.39. The van der Waals surface area contributed by atoms with Crippen LogP contribution in [0.1, 0.15) is 30.1 Å². The highest BCUT2D eigenvalue weighted by Gasteiger charge is 2.29. The maximum absolute atomic E-state index is 12.8. The fraction of sp³-hybridized carbons (Fsp3) is 0.455. The summed E-state index contributed by atoms with van der Waals surface area (Å²) in [7, 11) is 0. The molecule has 31 heavy (non-hydrogen) atoms. The first-order chi connectivity index (χ1) is 15.0. The second-order valence-corrected chi connectivity index (χ2v) is 9.20. The molecule has 4 rings (SSSR count). The Morgan fingerprint density at radius 2 is 1.84 bits per heavy atom. The number of carbonyl (C=O) groups is 2. The lowest BCUT2D eigenvalue weighted by molar-refractivity contribution is -0.127. The first-order valence-electron chi connectivity index (χ1n) is 10.6. The molecule has 0 N–H and O–H groups in total. The van der Waals surface area contributed by atoms with Crippen molar-refractivity contribution in [3.05, 3.63) is 47.1 Å². The van der Waals surface area contributed by atoms with Crippen molar-refractivity contribution < 1.29 is 9.59 Å². The van der Waals surface area contributed by atoms with E-state index in [0.717, 1.165) is 31.7 Å². The van der Waals surface area contributed by atoms with Gasteiger partial charge in [0.25, 0.3) is 5.91 Å². The Hall–Kier alpha value is -2.32. The number of rotatable bonds is 5. The number of thioether (sulfide) groups is 1. The highest BCUT2D eigenvalue weighted by atomic mass is 35.5. The normalized spacial score (nSPS) is 19.0. The zero-order valence-electron chi connectivity index (χ0n) is 17.5. The van der Waals surface area contributed by atoms with E-state index in [1.54, 1.807) is 6.07 Å². The lowest BCUT2D eigenvalue weighted by atomic mass is 10.1. The number of benzene rings is 1. The molecular formula is C22H26ClN5O2S. The predicted octanol–water partition coefficient (Wildman–Crippen LogP) is 3.20. The van der Waals surface area contributed by atoms with Crippen LogP contribution in [-0.2, 0) is 4.79 Å². The summed E-state index contributed by atoms with van der Waals surface area (Å²) in [5, 5.41) is 0.863. The van der Waals surface area contributed by atoms with E-state index < -0.39 is 0 Å². The molecule has 2 fully saturated rings. The molecule has 1 atom stereocenters. The second kappa shape index (κ2) is 9.87. The largest absolute Gasteiger partial charge is 0.353 e. The minimum Gasteiger partial charge on any atom is -0.353 e. The van der Waals surface area contributed by atoms with Crippen LogP contribution >= 0.6 is 23.4 Å². The standard InChI is InChI=1S/C22H26ClN5O2S/c1-16-14-27(11-12-28(16)21(30)17-7-3-2-4-8-17)19-13-18(23)24-22(25-19)31-15-20(29)26-9-5-6-10-26/h2-4,7-8,13,16H,5-6,9-12,14-15H2,1H3. The summed E-state index contributed by atoms with van der Waals surface area (Å²) < 4.78 is 0. The molecule has 2 aliphatic heterocycles. The van der Waals surface area contributed by atoms with Gasteiger partial charge in [0.05, 0.1) is 5.75 Å². The van der Waals surface area contributed by atoms with Crippen molar-refractivity contribution in [1.29, 1.82) is 0 Å². The number of hydrogen-bond donors (Lipinski definition) is 0. The van der Waals surface area contributed by atoms with Crippen LogP contribution in [0.15, 0.2) is 41.6 Å². The Morgan fingerprint density at radius 1 is 1.10 bits per heavy atom. The van der Waals surface area contributed by atoms with Gasteiger partial charge in [-0.25, -0.2) is 9.97 Å². The average Bonchev–Trinajstić information content (AvgIpc) is 3.32. The summed E-state index contributed by atoms with van der Waals surface area (Å²) in [6, 6.07) is 11.1. The number of likely N-dealkylation sites (tertiary alicyclic amines) is 1. The SMILES string of the molecule is CC1CN(c2cc(Cl)nc(SCC(=O)N3CCCC3)n2)CCN1C(=O)c1ccccc1. The van der Waals surface area contributed by atoms with Crippen LogP contribution in [0, 0.1) is 0 Å². The summed E-state index contributed by atoms with van der Waals surface area (Å²) in [6.07, 6.45) is 2.15. The van der Waals surface area contributed by atoms with E-state index in [2.05, 4.69) is 14.9 Å². The Labute approximate surface area is 191 Å². The Bertz CT molecular complexity index is 939. The van der Waals surface area contributed by atoms with Crippen molar-refractivity contribution in [3.8, 4) is 0 Å². The van der Waals surface area contributed by atoms with Gasteiger partial charge in [0.1, 0.15) is 11.0 Å². The first-order valence-corrected chi connectivity index (χ1v) is 11.9. The van der Waals surface area contributed by atoms with E-state index in [0.29, 0.717) is 41.3 Å². The third-order valence-electron chi connectivity index (χ3n) is 5.68. The molecule has 9 heteroatoms. The zero-order valence-corrected chi connectivity index (χ0v) is 19.1. The molecule has 164 valence electrons. The first kappa shape index (κ1) is 21.9. The Kier molecular flexibility index (Phi) is 6.97. The topological polar surface area (TPSA) is 69.6 Å². The molecule has 1 aromatic heterocycles. The van der Waals surface area contributed by atoms with Crippen LogP contribution in [-0.4, -0.2) is 76.1 Å². The van der Waals surface area contributed by atoms with Crippen LogP contribution in [0.3, 0.4) is 0 Å². The van der Waals surface area contributed by atoms with E-state index in [9.17, 15) is 9.59 Å². The summed E-state index contributed by atoms with van der Waals surface area (Å²) in [6.45, 7) is 5.64. The van der Waals surface area contributed by atoms with Crippen molar-refractivity contribution >= 4 is 41.0 Å². The van der Waals surface area contributed by atoms with Crippen LogP contribution in [0.25, 0.3) is 0 Å². The smallest absolute Gasteiger partial charge is 0.254 e. The maximum atomic E-state index is 12.8. The van der Waals surface area contributed by atoms with Gasteiger partial charge in [-0.15, -0.1) is 0 Å². The molecule has 2 saturated heterocycles. The molecule has 1 unspecified atom stereocenters. The summed E-state index contributed by atoms with van der Waals surface area (Å²) in [5.41, 5.74) is 0.703. The van der Waals surface area contributed by atoms with Gasteiger partial charge in [-0.05, 0) is 31.9 Å². The summed E-state index contributed by atoms with van der Waals surface area (Å²) in [5.74, 6) is 1.21. The number of aromatic nitrogens is 2. The van der Waals surface area contributed by atoms with Gasteiger partial charge >= 0.3 is 0 Å². The van der Waals surface area contributed by atoms with Gasteiger partial charge < -0.3 is 14.7 Å². The molecule has 0 saturated carbocycles. The molecule has 3 heterocycles. The van der Waals surface area contributed by atoms with Crippen molar-refractivity contribution in [3.63, 3.8) is 0 Å². The second-order valence-electron chi connectivity index (χ2n) is 7.87. The number of piperazine rings is 1. The molecular weight excluding hydrogens is 434 g/mol. The number of nitrogens with zero attached hydrogens (tertiary/aromatic N) is 5. The molecule has 2 aromatic rings. The van der Waals surface area contributed by atoms with E-state index in [4.69, 9.17) is 11.6 Å². The van der Waals surface area contributed by atoms with Gasteiger partial charge in [-0.3, -0.25) is 9.59 Å². The monoisotopic (exact) mass is 459 g/mol. The summed E-state index contributed by atoms with van der Waals surface area (Å²) in [4.78, 5) is 40.0. The van der Waals surface area contributed by atoms with Crippen molar-refractivity contribution in [1.82, 2.24) is 19.8 Å². The van der Waals surface area contributed by atoms with E-state index in [1.165, 1.54) is 11.8 Å². The van der Waals surface area contributed by atoms with Crippen LogP contribution in [0.2, 0.25) is 5.15 Å². The lowest BCUT2D eigenvalue weighted by Crippen LogP contribution is -2.54. The molecule has 0 radical (unpaired) electrons. The fourth-order valence-corrected chi connectivity index (χ4v) is 4.99. The molecule has 1 aromatic carbocycles. The zero-order chi connectivity index (χ0) is 21.8. The number of halogens is 1. The summed E-state index contributed by atoms with van der Waals surface area (Å²) >= 11 is 7.58. The number of hydrogen-bond acceptors (Lipinski definition) is 6. The van der Waals surface area contributed by atoms with Crippen molar-refractivity contribution in [2.75, 3.05) is 43.4 Å².